The van der Waals surface area contributed by atoms with Gasteiger partial charge < -0.3 is 10.1 Å². The Morgan fingerprint density at radius 3 is 2.70 bits per heavy atom. The Labute approximate surface area is 175 Å². The lowest BCUT2D eigenvalue weighted by atomic mass is 9.71. The van der Waals surface area contributed by atoms with Crippen LogP contribution in [0, 0.1) is 11.8 Å². The highest BCUT2D eigenvalue weighted by Crippen LogP contribution is 2.45. The molecule has 1 fully saturated rings. The summed E-state index contributed by atoms with van der Waals surface area (Å²) in [6.45, 7) is 12.2. The number of hydrogen-bond acceptors (Lipinski definition) is 3. The third-order valence-corrected chi connectivity index (χ3v) is 7.41. The summed E-state index contributed by atoms with van der Waals surface area (Å²) in [5.74, 6) is 1.68. The van der Waals surface area contributed by atoms with Crippen LogP contribution in [-0.2, 0) is 11.0 Å². The van der Waals surface area contributed by atoms with Gasteiger partial charge in [0.2, 0.25) is 0 Å². The van der Waals surface area contributed by atoms with E-state index in [1.807, 2.05) is 19.9 Å². The molecule has 7 heteroatoms. The Balaban J connectivity index is 2.53. The Morgan fingerprint density at radius 2 is 2.11 bits per heavy atom. The topological polar surface area (TPSA) is 64.3 Å². The second kappa shape index (κ2) is 9.75. The molecule has 1 aliphatic heterocycles. The van der Waals surface area contributed by atoms with Crippen LogP contribution in [0.25, 0.3) is 0 Å². The van der Waals surface area contributed by atoms with E-state index in [1.54, 1.807) is 12.1 Å². The minimum atomic E-state index is -1.44. The number of piperidine rings is 1. The van der Waals surface area contributed by atoms with Crippen LogP contribution in [0.15, 0.2) is 24.8 Å². The number of benzene rings is 1. The lowest BCUT2D eigenvalue weighted by Gasteiger charge is -2.39. The molecule has 0 aliphatic carbocycles. The Hall–Kier alpha value is -0.590. The number of nitrogens with one attached hydrogen (secondary N) is 1. The standard InChI is InChI=1S/C20H30Cl2N2O2S/c1-5-8-26-19-10-18(22)17(21)9-15(19)16(11-20(3,4)27(23)25)14-6-7-24-12-13(14)2/h5,9-10,13-14,16,24H,1,6-8,11-12,23H2,2-4H3/t13?,14?,16-,27?/m1/s1. The summed E-state index contributed by atoms with van der Waals surface area (Å²) in [7, 11) is -1.44. The highest BCUT2D eigenvalue weighted by Gasteiger charge is 2.37. The third-order valence-electron chi connectivity index (χ3n) is 5.43. The predicted octanol–water partition coefficient (Wildman–Crippen LogP) is 4.68. The van der Waals surface area contributed by atoms with E-state index in [1.165, 1.54) is 0 Å². The van der Waals surface area contributed by atoms with Crippen molar-refractivity contribution >= 4 is 34.2 Å². The van der Waals surface area contributed by atoms with Gasteiger partial charge in [0.05, 0.1) is 25.8 Å². The average Bonchev–Trinajstić information content (AvgIpc) is 2.61. The second-order valence-corrected chi connectivity index (χ2v) is 10.4. The van der Waals surface area contributed by atoms with Gasteiger partial charge in [-0.25, -0.2) is 4.21 Å². The van der Waals surface area contributed by atoms with Crippen LogP contribution < -0.4 is 15.2 Å². The molecule has 0 radical (unpaired) electrons. The molecule has 0 spiro atoms. The smallest absolute Gasteiger partial charge is 0.124 e. The first kappa shape index (κ1) is 22.7. The molecule has 3 N–H and O–H groups in total. The molecule has 0 amide bonds. The largest absolute Gasteiger partial charge is 0.489 e. The summed E-state index contributed by atoms with van der Waals surface area (Å²) in [5, 5.41) is 10.2. The zero-order chi connectivity index (χ0) is 20.2. The number of ether oxygens (including phenoxy) is 1. The monoisotopic (exact) mass is 432 g/mol. The van der Waals surface area contributed by atoms with Crippen molar-refractivity contribution in [1.82, 2.24) is 5.32 Å². The van der Waals surface area contributed by atoms with E-state index >= 15 is 0 Å². The van der Waals surface area contributed by atoms with E-state index in [-0.39, 0.29) is 5.92 Å². The molecule has 1 aromatic rings. The molecule has 2 rings (SSSR count). The van der Waals surface area contributed by atoms with E-state index in [0.717, 1.165) is 25.1 Å². The second-order valence-electron chi connectivity index (χ2n) is 7.91. The van der Waals surface area contributed by atoms with Crippen molar-refractivity contribution in [3.63, 3.8) is 0 Å². The van der Waals surface area contributed by atoms with E-state index in [2.05, 4.69) is 18.8 Å². The van der Waals surface area contributed by atoms with E-state index < -0.39 is 15.7 Å². The lowest BCUT2D eigenvalue weighted by Crippen LogP contribution is -2.41. The maximum atomic E-state index is 12.2. The average molecular weight is 433 g/mol. The van der Waals surface area contributed by atoms with E-state index in [9.17, 15) is 4.21 Å². The fraction of sp³-hybridized carbons (Fsp3) is 0.600. The zero-order valence-electron chi connectivity index (χ0n) is 16.3. The molecule has 1 aromatic carbocycles. The summed E-state index contributed by atoms with van der Waals surface area (Å²) in [6, 6.07) is 3.67. The van der Waals surface area contributed by atoms with Gasteiger partial charge in [-0.2, -0.15) is 0 Å². The number of rotatable bonds is 8. The number of hydrogen-bond donors (Lipinski definition) is 2. The van der Waals surface area contributed by atoms with Gasteiger partial charge in [0.1, 0.15) is 12.4 Å². The Kier molecular flexibility index (Phi) is 8.19. The van der Waals surface area contributed by atoms with Crippen molar-refractivity contribution in [3.8, 4) is 5.75 Å². The lowest BCUT2D eigenvalue weighted by molar-refractivity contribution is 0.213. The normalized spacial score (nSPS) is 22.9. The van der Waals surface area contributed by atoms with Gasteiger partial charge in [-0.15, -0.1) is 0 Å². The summed E-state index contributed by atoms with van der Waals surface area (Å²) in [4.78, 5) is 0. The molecule has 27 heavy (non-hydrogen) atoms. The highest BCUT2D eigenvalue weighted by atomic mass is 35.5. The first-order valence-corrected chi connectivity index (χ1v) is 11.2. The highest BCUT2D eigenvalue weighted by molar-refractivity contribution is 7.84. The van der Waals surface area contributed by atoms with Crippen LogP contribution >= 0.6 is 23.2 Å². The van der Waals surface area contributed by atoms with Gasteiger partial charge in [0.15, 0.2) is 0 Å². The molecule has 1 aliphatic rings. The van der Waals surface area contributed by atoms with Gasteiger partial charge in [0.25, 0.3) is 0 Å². The Morgan fingerprint density at radius 1 is 1.44 bits per heavy atom. The predicted molar refractivity (Wildman–Crippen MR) is 116 cm³/mol. The maximum absolute atomic E-state index is 12.2. The molecule has 0 bridgehead atoms. The van der Waals surface area contributed by atoms with E-state index in [0.29, 0.717) is 40.7 Å². The van der Waals surface area contributed by atoms with Crippen LogP contribution in [0.2, 0.25) is 10.0 Å². The van der Waals surface area contributed by atoms with Gasteiger partial charge in [0, 0.05) is 6.07 Å². The van der Waals surface area contributed by atoms with Gasteiger partial charge >= 0.3 is 0 Å². The van der Waals surface area contributed by atoms with Crippen molar-refractivity contribution < 1.29 is 8.95 Å². The molecule has 1 heterocycles. The molecule has 0 aromatic heterocycles. The van der Waals surface area contributed by atoms with Gasteiger partial charge in [-0.3, -0.25) is 5.14 Å². The number of halogens is 2. The minimum Gasteiger partial charge on any atom is -0.489 e. The SMILES string of the molecule is C=CCOc1cc(Cl)c(Cl)cc1[C@H](CC(C)(C)S(N)=O)C1CCNCC1C. The van der Waals surface area contributed by atoms with Crippen molar-refractivity contribution in [2.45, 2.75) is 44.3 Å². The first-order valence-electron chi connectivity index (χ1n) is 9.27. The quantitative estimate of drug-likeness (QED) is 0.586. The van der Waals surface area contributed by atoms with Crippen molar-refractivity contribution in [1.29, 1.82) is 0 Å². The summed E-state index contributed by atoms with van der Waals surface area (Å²) in [5.41, 5.74) is 1.00. The summed E-state index contributed by atoms with van der Waals surface area (Å²) in [6.07, 6.45) is 3.40. The molecule has 1 saturated heterocycles. The van der Waals surface area contributed by atoms with Crippen LogP contribution in [0.1, 0.15) is 45.1 Å². The Bertz CT molecular complexity index is 697. The van der Waals surface area contributed by atoms with Crippen molar-refractivity contribution in [2.24, 2.45) is 17.0 Å². The van der Waals surface area contributed by atoms with Crippen LogP contribution in [-0.4, -0.2) is 28.7 Å². The van der Waals surface area contributed by atoms with E-state index in [4.69, 9.17) is 33.1 Å². The van der Waals surface area contributed by atoms with Crippen molar-refractivity contribution in [2.75, 3.05) is 19.7 Å². The van der Waals surface area contributed by atoms with Crippen molar-refractivity contribution in [3.05, 3.63) is 40.4 Å². The molecular weight excluding hydrogens is 403 g/mol. The summed E-state index contributed by atoms with van der Waals surface area (Å²) >= 11 is 12.6. The van der Waals surface area contributed by atoms with Crippen LogP contribution in [0.3, 0.4) is 0 Å². The zero-order valence-corrected chi connectivity index (χ0v) is 18.6. The first-order chi connectivity index (χ1) is 12.7. The molecule has 0 saturated carbocycles. The fourth-order valence-corrected chi connectivity index (χ4v) is 4.51. The number of nitrogens with two attached hydrogens (primary N) is 1. The fourth-order valence-electron chi connectivity index (χ4n) is 3.84. The minimum absolute atomic E-state index is 0.110. The van der Waals surface area contributed by atoms with Crippen LogP contribution in [0.4, 0.5) is 0 Å². The molecular formula is C20H30Cl2N2O2S. The molecule has 4 nitrogen and oxygen atoms in total. The third kappa shape index (κ3) is 5.70. The van der Waals surface area contributed by atoms with Gasteiger partial charge in [-0.05, 0) is 69.2 Å². The van der Waals surface area contributed by atoms with Crippen LogP contribution in [0.5, 0.6) is 5.75 Å². The molecule has 4 atom stereocenters. The molecule has 3 unspecified atom stereocenters. The van der Waals surface area contributed by atoms with Gasteiger partial charge in [-0.1, -0.05) is 42.8 Å². The molecule has 152 valence electrons. The summed E-state index contributed by atoms with van der Waals surface area (Å²) < 4.78 is 17.5. The maximum Gasteiger partial charge on any atom is 0.124 e.